The zero-order valence-corrected chi connectivity index (χ0v) is 12.9. The first-order valence-corrected chi connectivity index (χ1v) is 7.98. The molecule has 0 saturated carbocycles. The number of amides is 1. The molecule has 0 aliphatic carbocycles. The molecule has 1 aliphatic heterocycles. The molecule has 1 amide bonds. The number of nitrogens with one attached hydrogen (secondary N) is 1. The summed E-state index contributed by atoms with van der Waals surface area (Å²) in [5.41, 5.74) is 1.51. The van der Waals surface area contributed by atoms with Gasteiger partial charge in [-0.2, -0.15) is 5.26 Å². The number of rotatable bonds is 6. The molecule has 1 aromatic carbocycles. The molecular weight excluding hydrogens is 274 g/mol. The van der Waals surface area contributed by atoms with E-state index < -0.39 is 0 Å². The summed E-state index contributed by atoms with van der Waals surface area (Å²) >= 11 is 0. The fraction of sp³-hybridized carbons (Fsp3) is 0.444. The average Bonchev–Trinajstić information content (AvgIpc) is 2.59. The van der Waals surface area contributed by atoms with Gasteiger partial charge in [0, 0.05) is 25.8 Å². The summed E-state index contributed by atoms with van der Waals surface area (Å²) in [5.74, 6) is -0.141. The van der Waals surface area contributed by atoms with Gasteiger partial charge in [0.25, 0.3) is 5.91 Å². The number of hydrogen-bond acceptors (Lipinski definition) is 3. The van der Waals surface area contributed by atoms with Crippen LogP contribution in [0.25, 0.3) is 0 Å². The van der Waals surface area contributed by atoms with Crippen LogP contribution in [0.3, 0.4) is 0 Å². The molecule has 1 saturated heterocycles. The molecule has 22 heavy (non-hydrogen) atoms. The molecule has 1 aliphatic rings. The zero-order valence-electron chi connectivity index (χ0n) is 12.9. The van der Waals surface area contributed by atoms with Crippen LogP contribution >= 0.6 is 0 Å². The van der Waals surface area contributed by atoms with Crippen LogP contribution in [0, 0.1) is 11.3 Å². The van der Waals surface area contributed by atoms with Crippen molar-refractivity contribution in [1.82, 2.24) is 10.2 Å². The van der Waals surface area contributed by atoms with Gasteiger partial charge in [-0.15, -0.1) is 0 Å². The first kappa shape index (κ1) is 16.1. The summed E-state index contributed by atoms with van der Waals surface area (Å²) in [4.78, 5) is 14.0. The van der Waals surface area contributed by atoms with Crippen molar-refractivity contribution < 1.29 is 4.79 Å². The Hall–Kier alpha value is -2.28. The highest BCUT2D eigenvalue weighted by Gasteiger charge is 2.19. The lowest BCUT2D eigenvalue weighted by molar-refractivity contribution is -0.127. The van der Waals surface area contributed by atoms with Gasteiger partial charge in [-0.1, -0.05) is 30.3 Å². The summed E-state index contributed by atoms with van der Waals surface area (Å²) in [6.45, 7) is 2.30. The molecule has 0 atom stereocenters. The molecule has 4 nitrogen and oxygen atoms in total. The normalized spacial score (nSPS) is 15.2. The Morgan fingerprint density at radius 3 is 2.64 bits per heavy atom. The van der Waals surface area contributed by atoms with Gasteiger partial charge in [0.15, 0.2) is 0 Å². The number of aryl methyl sites for hydroxylation is 1. The van der Waals surface area contributed by atoms with Crippen molar-refractivity contribution in [1.29, 1.82) is 5.26 Å². The first-order chi connectivity index (χ1) is 10.8. The molecule has 0 spiro atoms. The Kier molecular flexibility index (Phi) is 6.50. The maximum atomic E-state index is 12.2. The van der Waals surface area contributed by atoms with Crippen molar-refractivity contribution in [2.45, 2.75) is 32.1 Å². The Balaban J connectivity index is 1.75. The highest BCUT2D eigenvalue weighted by molar-refractivity contribution is 5.97. The van der Waals surface area contributed by atoms with Crippen LogP contribution in [0.4, 0.5) is 0 Å². The van der Waals surface area contributed by atoms with Gasteiger partial charge in [-0.3, -0.25) is 4.79 Å². The summed E-state index contributed by atoms with van der Waals surface area (Å²) in [6.07, 6.45) is 6.78. The van der Waals surface area contributed by atoms with E-state index in [9.17, 15) is 4.79 Å². The highest BCUT2D eigenvalue weighted by Crippen LogP contribution is 2.11. The predicted octanol–water partition coefficient (Wildman–Crippen LogP) is 2.63. The minimum atomic E-state index is -0.141. The van der Waals surface area contributed by atoms with Crippen LogP contribution in [0.5, 0.6) is 0 Å². The van der Waals surface area contributed by atoms with Crippen molar-refractivity contribution >= 4 is 5.91 Å². The zero-order chi connectivity index (χ0) is 15.6. The van der Waals surface area contributed by atoms with E-state index >= 15 is 0 Å². The maximum absolute atomic E-state index is 12.2. The molecule has 1 heterocycles. The van der Waals surface area contributed by atoms with E-state index in [0.29, 0.717) is 0 Å². The number of likely N-dealkylation sites (tertiary alicyclic amines) is 1. The first-order valence-electron chi connectivity index (χ1n) is 7.98. The average molecular weight is 297 g/mol. The summed E-state index contributed by atoms with van der Waals surface area (Å²) in [6, 6.07) is 12.3. The van der Waals surface area contributed by atoms with Crippen molar-refractivity contribution in [3.63, 3.8) is 0 Å². The summed E-state index contributed by atoms with van der Waals surface area (Å²) < 4.78 is 0. The number of hydrogen-bond donors (Lipinski definition) is 1. The van der Waals surface area contributed by atoms with Crippen LogP contribution in [-0.2, 0) is 11.2 Å². The number of carbonyl (C=O) groups is 1. The van der Waals surface area contributed by atoms with E-state index in [-0.39, 0.29) is 11.5 Å². The minimum Gasteiger partial charge on any atom is -0.390 e. The predicted molar refractivity (Wildman–Crippen MR) is 86.9 cm³/mol. The van der Waals surface area contributed by atoms with Gasteiger partial charge >= 0.3 is 0 Å². The monoisotopic (exact) mass is 297 g/mol. The van der Waals surface area contributed by atoms with Gasteiger partial charge in [0.05, 0.1) is 0 Å². The van der Waals surface area contributed by atoms with Gasteiger partial charge < -0.3 is 10.2 Å². The van der Waals surface area contributed by atoms with Gasteiger partial charge in [-0.25, -0.2) is 0 Å². The van der Waals surface area contributed by atoms with Gasteiger partial charge in [0.2, 0.25) is 0 Å². The van der Waals surface area contributed by atoms with Crippen molar-refractivity contribution in [2.75, 3.05) is 19.6 Å². The number of nitriles is 1. The van der Waals surface area contributed by atoms with Crippen LogP contribution < -0.4 is 5.32 Å². The minimum absolute atomic E-state index is 0.141. The Labute approximate surface area is 132 Å². The number of nitrogens with zero attached hydrogens (tertiary/aromatic N) is 2. The Bertz CT molecular complexity index is 539. The van der Waals surface area contributed by atoms with Gasteiger partial charge in [-0.05, 0) is 37.7 Å². The third-order valence-corrected chi connectivity index (χ3v) is 3.87. The summed E-state index contributed by atoms with van der Waals surface area (Å²) in [7, 11) is 0. The van der Waals surface area contributed by atoms with Crippen LogP contribution in [0.1, 0.15) is 31.2 Å². The van der Waals surface area contributed by atoms with E-state index in [4.69, 9.17) is 5.26 Å². The molecule has 1 fully saturated rings. The topological polar surface area (TPSA) is 56.1 Å². The maximum Gasteiger partial charge on any atom is 0.265 e. The van der Waals surface area contributed by atoms with Crippen molar-refractivity contribution in [3.8, 4) is 6.07 Å². The second-order valence-corrected chi connectivity index (χ2v) is 5.57. The lowest BCUT2D eigenvalue weighted by Gasteiger charge is -2.26. The lowest BCUT2D eigenvalue weighted by atomic mass is 10.1. The van der Waals surface area contributed by atoms with Crippen LogP contribution in [0.15, 0.2) is 42.1 Å². The second kappa shape index (κ2) is 8.89. The number of benzene rings is 1. The fourth-order valence-electron chi connectivity index (χ4n) is 2.62. The van der Waals surface area contributed by atoms with Crippen molar-refractivity contribution in [3.05, 3.63) is 47.7 Å². The van der Waals surface area contributed by atoms with E-state index in [1.165, 1.54) is 12.0 Å². The highest BCUT2D eigenvalue weighted by atomic mass is 16.2. The third kappa shape index (κ3) is 4.92. The number of carbonyl (C=O) groups excluding carboxylic acids is 1. The van der Waals surface area contributed by atoms with Crippen LogP contribution in [-0.4, -0.2) is 30.4 Å². The van der Waals surface area contributed by atoms with E-state index in [0.717, 1.165) is 45.3 Å². The quantitative estimate of drug-likeness (QED) is 0.499. The van der Waals surface area contributed by atoms with E-state index in [1.807, 2.05) is 24.3 Å². The molecule has 4 heteroatoms. The van der Waals surface area contributed by atoms with Gasteiger partial charge in [0.1, 0.15) is 11.6 Å². The molecule has 0 aromatic heterocycles. The Morgan fingerprint density at radius 1 is 1.23 bits per heavy atom. The molecule has 0 bridgehead atoms. The standard InChI is InChI=1S/C18H23N3O/c19-14-17(18(22)21-12-5-2-6-13-21)15-20-11-7-10-16-8-3-1-4-9-16/h1,3-4,8-9,15,20H,2,5-7,10-13H2/b17-15-. The second-order valence-electron chi connectivity index (χ2n) is 5.57. The summed E-state index contributed by atoms with van der Waals surface area (Å²) in [5, 5.41) is 12.3. The molecule has 0 radical (unpaired) electrons. The number of piperidine rings is 1. The smallest absolute Gasteiger partial charge is 0.265 e. The molecule has 2 rings (SSSR count). The lowest BCUT2D eigenvalue weighted by Crippen LogP contribution is -2.36. The van der Waals surface area contributed by atoms with Crippen molar-refractivity contribution in [2.24, 2.45) is 0 Å². The van der Waals surface area contributed by atoms with E-state index in [1.54, 1.807) is 11.1 Å². The van der Waals surface area contributed by atoms with E-state index in [2.05, 4.69) is 17.4 Å². The largest absolute Gasteiger partial charge is 0.390 e. The Morgan fingerprint density at radius 2 is 1.95 bits per heavy atom. The SMILES string of the molecule is N#C/C(=C/NCCCc1ccccc1)C(=O)N1CCCCC1. The fourth-order valence-corrected chi connectivity index (χ4v) is 2.62. The molecule has 116 valence electrons. The molecule has 1 aromatic rings. The van der Waals surface area contributed by atoms with Crippen LogP contribution in [0.2, 0.25) is 0 Å². The molecule has 0 unspecified atom stereocenters. The molecular formula is C18H23N3O. The molecule has 1 N–H and O–H groups in total. The third-order valence-electron chi connectivity index (χ3n) is 3.87.